The van der Waals surface area contributed by atoms with Crippen molar-refractivity contribution in [3.05, 3.63) is 183 Å². The van der Waals surface area contributed by atoms with E-state index < -0.39 is 15.8 Å². The molecule has 10 nitrogen and oxygen atoms in total. The van der Waals surface area contributed by atoms with Crippen molar-refractivity contribution in [3.63, 3.8) is 0 Å². The zero-order valence-corrected chi connectivity index (χ0v) is 32.8. The summed E-state index contributed by atoms with van der Waals surface area (Å²) in [6.07, 6.45) is 3.16. The molecule has 2 heterocycles. The molecule has 0 saturated heterocycles. The molecule has 14 heteroatoms. The normalized spacial score (nSPS) is 11.0. The minimum atomic E-state index is -3.85. The van der Waals surface area contributed by atoms with Crippen LogP contribution in [-0.2, 0) is 23.1 Å². The van der Waals surface area contributed by atoms with E-state index in [0.29, 0.717) is 48.9 Å². The number of carbonyl (C=O) groups is 2. The maximum absolute atomic E-state index is 13.4. The summed E-state index contributed by atoms with van der Waals surface area (Å²) in [4.78, 5) is 34.9. The van der Waals surface area contributed by atoms with Gasteiger partial charge in [-0.05, 0) is 78.6 Å². The first-order chi connectivity index (χ1) is 27.0. The van der Waals surface area contributed by atoms with E-state index in [1.54, 1.807) is 36.7 Å². The van der Waals surface area contributed by atoms with Crippen LogP contribution in [0.4, 0.5) is 26.0 Å². The Bertz CT molecular complexity index is 2610. The fourth-order valence-corrected chi connectivity index (χ4v) is 8.10. The van der Waals surface area contributed by atoms with Crippen LogP contribution in [0.25, 0.3) is 0 Å². The van der Waals surface area contributed by atoms with Crippen molar-refractivity contribution in [2.75, 3.05) is 10.6 Å². The van der Waals surface area contributed by atoms with Crippen molar-refractivity contribution in [1.82, 2.24) is 14.7 Å². The maximum atomic E-state index is 13.4. The summed E-state index contributed by atoms with van der Waals surface area (Å²) in [5, 5.41) is 7.61. The molecule has 0 spiro atoms. The summed E-state index contributed by atoms with van der Waals surface area (Å²) in [5.41, 5.74) is 12.2. The van der Waals surface area contributed by atoms with Crippen LogP contribution in [0.3, 0.4) is 0 Å². The zero-order valence-electron chi connectivity index (χ0n) is 30.3. The molecule has 0 unspecified atom stereocenters. The van der Waals surface area contributed by atoms with Crippen molar-refractivity contribution in [2.45, 2.75) is 31.8 Å². The smallest absolute Gasteiger partial charge is 0.240 e. The molecule has 7 rings (SSSR count). The molecule has 56 heavy (non-hydrogen) atoms. The highest BCUT2D eigenvalue weighted by molar-refractivity contribution is 7.89. The van der Waals surface area contributed by atoms with E-state index >= 15 is 0 Å². The Kier molecular flexibility index (Phi) is 12.9. The van der Waals surface area contributed by atoms with Crippen molar-refractivity contribution in [2.24, 2.45) is 5.73 Å². The molecule has 0 saturated carbocycles. The second-order valence-corrected chi connectivity index (χ2v) is 16.3. The van der Waals surface area contributed by atoms with Gasteiger partial charge in [-0.25, -0.2) is 27.5 Å². The Morgan fingerprint density at radius 3 is 1.68 bits per heavy atom. The average molecular weight is 805 g/mol. The van der Waals surface area contributed by atoms with Gasteiger partial charge in [0.15, 0.2) is 10.3 Å². The summed E-state index contributed by atoms with van der Waals surface area (Å²) < 4.78 is 40.6. The van der Waals surface area contributed by atoms with Gasteiger partial charge in [0, 0.05) is 35.6 Å². The summed E-state index contributed by atoms with van der Waals surface area (Å²) >= 11 is 2.59. The third-order valence-electron chi connectivity index (χ3n) is 8.40. The van der Waals surface area contributed by atoms with Gasteiger partial charge in [0.1, 0.15) is 5.82 Å². The lowest BCUT2D eigenvalue weighted by Gasteiger charge is -2.09. The molecular formula is C42H37FN6O4S3. The quantitative estimate of drug-likeness (QED) is 0.0836. The first kappa shape index (κ1) is 39.8. The fraction of sp³-hybridized carbons (Fsp3) is 0.0952. The van der Waals surface area contributed by atoms with Gasteiger partial charge in [-0.15, -0.1) is 0 Å². The number of nitrogens with one attached hydrogen (secondary N) is 3. The molecule has 0 radical (unpaired) electrons. The van der Waals surface area contributed by atoms with Gasteiger partial charge in [0.25, 0.3) is 0 Å². The van der Waals surface area contributed by atoms with E-state index in [1.165, 1.54) is 40.9 Å². The van der Waals surface area contributed by atoms with E-state index in [4.69, 9.17) is 5.73 Å². The first-order valence-electron chi connectivity index (χ1n) is 17.3. The Labute approximate surface area is 332 Å². The lowest BCUT2D eigenvalue weighted by atomic mass is 10.0. The third-order valence-corrected chi connectivity index (χ3v) is 11.6. The Balaban J connectivity index is 0.000000202. The number of anilines is 4. The fourth-order valence-electron chi connectivity index (χ4n) is 5.47. The topological polar surface area (TPSA) is 156 Å². The molecule has 0 amide bonds. The van der Waals surface area contributed by atoms with Crippen LogP contribution in [0, 0.1) is 19.7 Å². The lowest BCUT2D eigenvalue weighted by Crippen LogP contribution is -2.23. The second-order valence-electron chi connectivity index (χ2n) is 12.5. The van der Waals surface area contributed by atoms with Gasteiger partial charge < -0.3 is 16.4 Å². The molecule has 0 aliphatic heterocycles. The number of nitrogens with two attached hydrogens (primary N) is 1. The minimum Gasteiger partial charge on any atom is -0.332 e. The van der Waals surface area contributed by atoms with Crippen molar-refractivity contribution in [1.29, 1.82) is 0 Å². The number of halogens is 1. The number of benzene rings is 5. The number of sulfonamides is 1. The van der Waals surface area contributed by atoms with Crippen molar-refractivity contribution >= 4 is 65.9 Å². The van der Waals surface area contributed by atoms with Crippen molar-refractivity contribution < 1.29 is 22.4 Å². The standard InChI is InChI=1S/C24H20FN3O3S2.C18H17N3OS/c1-16-6-2-3-11-21(16)23(29)22-15-26-24(32-22)28-19-9-4-7-17(12-19)14-27-33(30,31)20-10-5-8-18(25)13-20;1-12-5-2-3-8-15(12)17(22)16-11-20-18(23-16)21-14-7-4-6-13(9-14)10-19/h2-13,15,27H,14H2,1H3,(H,26,28);2-9,11H,10,19H2,1H3,(H,20,21). The number of rotatable bonds is 13. The van der Waals surface area contributed by atoms with Gasteiger partial charge >= 0.3 is 0 Å². The van der Waals surface area contributed by atoms with E-state index in [9.17, 15) is 22.4 Å². The number of carbonyl (C=O) groups excluding carboxylic acids is 2. The van der Waals surface area contributed by atoms with Crippen molar-refractivity contribution in [3.8, 4) is 0 Å². The van der Waals surface area contributed by atoms with Gasteiger partial charge in [-0.2, -0.15) is 0 Å². The number of aromatic nitrogens is 2. The number of hydrogen-bond acceptors (Lipinski definition) is 11. The molecular weight excluding hydrogens is 768 g/mol. The Morgan fingerprint density at radius 2 is 1.16 bits per heavy atom. The van der Waals surface area contributed by atoms with Gasteiger partial charge in [0.05, 0.1) is 27.0 Å². The summed E-state index contributed by atoms with van der Waals surface area (Å²) in [6.45, 7) is 4.35. The predicted octanol–water partition coefficient (Wildman–Crippen LogP) is 8.93. The molecule has 2 aromatic heterocycles. The summed E-state index contributed by atoms with van der Waals surface area (Å²) in [6, 6.07) is 34.8. The van der Waals surface area contributed by atoms with Crippen LogP contribution < -0.4 is 21.1 Å². The highest BCUT2D eigenvalue weighted by Crippen LogP contribution is 2.27. The molecule has 0 bridgehead atoms. The average Bonchev–Trinajstić information content (AvgIpc) is 3.88. The predicted molar refractivity (Wildman–Crippen MR) is 221 cm³/mol. The molecule has 5 N–H and O–H groups in total. The van der Waals surface area contributed by atoms with Gasteiger partial charge in [-0.3, -0.25) is 9.59 Å². The monoisotopic (exact) mass is 804 g/mol. The number of hydrogen-bond donors (Lipinski definition) is 4. The largest absolute Gasteiger partial charge is 0.332 e. The lowest BCUT2D eigenvalue weighted by molar-refractivity contribution is 0.103. The van der Waals surface area contributed by atoms with E-state index in [-0.39, 0.29) is 23.0 Å². The van der Waals surface area contributed by atoms with Crippen LogP contribution in [0.1, 0.15) is 52.7 Å². The highest BCUT2D eigenvalue weighted by atomic mass is 32.2. The van der Waals surface area contributed by atoms with Crippen LogP contribution >= 0.6 is 22.7 Å². The maximum Gasteiger partial charge on any atom is 0.240 e. The number of aryl methyl sites for hydroxylation is 2. The molecule has 0 aliphatic rings. The molecule has 0 fully saturated rings. The molecule has 5 aromatic carbocycles. The number of ketones is 2. The Morgan fingerprint density at radius 1 is 0.661 bits per heavy atom. The van der Waals surface area contributed by atoms with E-state index in [2.05, 4.69) is 25.3 Å². The number of thiazole rings is 2. The number of nitrogens with zero attached hydrogens (tertiary/aromatic N) is 2. The molecule has 284 valence electrons. The first-order valence-corrected chi connectivity index (χ1v) is 20.4. The SMILES string of the molecule is Cc1ccccc1C(=O)c1cnc(Nc2cccc(CN)c2)s1.Cc1ccccc1C(=O)c1cnc(Nc2cccc(CNS(=O)(=O)c3cccc(F)c3)c2)s1. The van der Waals surface area contributed by atoms with Gasteiger partial charge in [-0.1, -0.05) is 102 Å². The molecule has 0 atom stereocenters. The van der Waals surface area contributed by atoms with Crippen LogP contribution in [0.2, 0.25) is 0 Å². The minimum absolute atomic E-state index is 0.00404. The van der Waals surface area contributed by atoms with E-state index in [1.807, 2.05) is 86.6 Å². The summed E-state index contributed by atoms with van der Waals surface area (Å²) in [7, 11) is -3.85. The van der Waals surface area contributed by atoms with Crippen LogP contribution in [-0.4, -0.2) is 30.0 Å². The Hall–Kier alpha value is -5.90. The van der Waals surface area contributed by atoms with Crippen LogP contribution in [0.5, 0.6) is 0 Å². The second kappa shape index (κ2) is 18.2. The molecule has 0 aliphatic carbocycles. The summed E-state index contributed by atoms with van der Waals surface area (Å²) in [5.74, 6) is -0.698. The molecule has 7 aromatic rings. The van der Waals surface area contributed by atoms with Crippen LogP contribution in [0.15, 0.2) is 139 Å². The van der Waals surface area contributed by atoms with E-state index in [0.717, 1.165) is 28.4 Å². The highest BCUT2D eigenvalue weighted by Gasteiger charge is 2.17. The third kappa shape index (κ3) is 10.2. The zero-order chi connectivity index (χ0) is 39.7. The van der Waals surface area contributed by atoms with Gasteiger partial charge in [0.2, 0.25) is 21.6 Å².